The number of furan rings is 1. The lowest BCUT2D eigenvalue weighted by atomic mass is 10.0. The molecule has 108 valence electrons. The molecule has 1 N–H and O–H groups in total. The van der Waals surface area contributed by atoms with Gasteiger partial charge in [-0.15, -0.1) is 0 Å². The van der Waals surface area contributed by atoms with Crippen molar-refractivity contribution >= 4 is 31.9 Å². The molecule has 2 rings (SSSR count). The van der Waals surface area contributed by atoms with Crippen molar-refractivity contribution in [1.29, 1.82) is 0 Å². The summed E-state index contributed by atoms with van der Waals surface area (Å²) in [7, 11) is 0. The lowest BCUT2D eigenvalue weighted by Crippen LogP contribution is -2.25. The molecule has 0 aliphatic rings. The quantitative estimate of drug-likeness (QED) is 0.737. The SMILES string of the molecule is CCCNC(c1occc1Br)c1c(F)cc(Br)cc1F. The number of halogens is 4. The van der Waals surface area contributed by atoms with Gasteiger partial charge in [0.25, 0.3) is 0 Å². The van der Waals surface area contributed by atoms with E-state index in [0.717, 1.165) is 6.42 Å². The normalized spacial score (nSPS) is 12.7. The zero-order valence-corrected chi connectivity index (χ0v) is 13.9. The standard InChI is InChI=1S/C14H13Br2F2NO/c1-2-4-19-13(14-9(16)3-5-20-14)12-10(17)6-8(15)7-11(12)18/h3,5-7,13,19H,2,4H2,1H3. The molecular formula is C14H13Br2F2NO. The zero-order valence-electron chi connectivity index (χ0n) is 10.7. The number of hydrogen-bond donors (Lipinski definition) is 1. The van der Waals surface area contributed by atoms with Gasteiger partial charge in [0.1, 0.15) is 17.4 Å². The Morgan fingerprint density at radius 3 is 2.40 bits per heavy atom. The maximum atomic E-state index is 14.1. The van der Waals surface area contributed by atoms with Crippen molar-refractivity contribution in [2.24, 2.45) is 0 Å². The van der Waals surface area contributed by atoms with Gasteiger partial charge in [-0.05, 0) is 47.1 Å². The van der Waals surface area contributed by atoms with E-state index < -0.39 is 17.7 Å². The zero-order chi connectivity index (χ0) is 14.7. The van der Waals surface area contributed by atoms with Gasteiger partial charge in [0, 0.05) is 10.0 Å². The first-order chi connectivity index (χ1) is 9.54. The van der Waals surface area contributed by atoms with E-state index >= 15 is 0 Å². The van der Waals surface area contributed by atoms with E-state index in [4.69, 9.17) is 4.42 Å². The van der Waals surface area contributed by atoms with Crippen molar-refractivity contribution < 1.29 is 13.2 Å². The molecule has 0 fully saturated rings. The van der Waals surface area contributed by atoms with E-state index in [9.17, 15) is 8.78 Å². The van der Waals surface area contributed by atoms with Crippen molar-refractivity contribution in [3.8, 4) is 0 Å². The molecule has 1 heterocycles. The van der Waals surface area contributed by atoms with Crippen molar-refractivity contribution in [3.05, 3.63) is 56.4 Å². The largest absolute Gasteiger partial charge is 0.466 e. The maximum absolute atomic E-state index is 14.1. The Morgan fingerprint density at radius 1 is 1.25 bits per heavy atom. The number of rotatable bonds is 5. The second kappa shape index (κ2) is 6.83. The molecule has 1 aromatic heterocycles. The maximum Gasteiger partial charge on any atom is 0.139 e. The Balaban J connectivity index is 2.50. The molecular weight excluding hydrogens is 396 g/mol. The van der Waals surface area contributed by atoms with Gasteiger partial charge < -0.3 is 9.73 Å². The second-order valence-electron chi connectivity index (χ2n) is 4.30. The van der Waals surface area contributed by atoms with Crippen LogP contribution in [0.5, 0.6) is 0 Å². The molecule has 6 heteroatoms. The summed E-state index contributed by atoms with van der Waals surface area (Å²) in [6.07, 6.45) is 2.32. The molecule has 20 heavy (non-hydrogen) atoms. The molecule has 2 nitrogen and oxygen atoms in total. The Morgan fingerprint density at radius 2 is 1.90 bits per heavy atom. The summed E-state index contributed by atoms with van der Waals surface area (Å²) in [5, 5.41) is 3.11. The lowest BCUT2D eigenvalue weighted by molar-refractivity contribution is 0.420. The van der Waals surface area contributed by atoms with Gasteiger partial charge in [0.05, 0.1) is 16.8 Å². The summed E-state index contributed by atoms with van der Waals surface area (Å²) in [6.45, 7) is 2.60. The van der Waals surface area contributed by atoms with Crippen LogP contribution in [0.1, 0.15) is 30.7 Å². The highest BCUT2D eigenvalue weighted by Crippen LogP contribution is 2.33. The first-order valence-electron chi connectivity index (χ1n) is 6.15. The van der Waals surface area contributed by atoms with Crippen LogP contribution in [0.4, 0.5) is 8.78 Å². The molecule has 1 aromatic carbocycles. The summed E-state index contributed by atoms with van der Waals surface area (Å²) < 4.78 is 34.7. The van der Waals surface area contributed by atoms with E-state index in [2.05, 4.69) is 37.2 Å². The molecule has 0 saturated heterocycles. The molecule has 2 aromatic rings. The van der Waals surface area contributed by atoms with Crippen LogP contribution in [-0.2, 0) is 0 Å². The third kappa shape index (κ3) is 3.30. The van der Waals surface area contributed by atoms with Crippen LogP contribution in [0.3, 0.4) is 0 Å². The average Bonchev–Trinajstić information content (AvgIpc) is 2.78. The van der Waals surface area contributed by atoms with E-state index in [0.29, 0.717) is 21.3 Å². The molecule has 0 aliphatic heterocycles. The van der Waals surface area contributed by atoms with Crippen LogP contribution < -0.4 is 5.32 Å². The topological polar surface area (TPSA) is 25.2 Å². The van der Waals surface area contributed by atoms with Crippen molar-refractivity contribution in [2.75, 3.05) is 6.54 Å². The first-order valence-corrected chi connectivity index (χ1v) is 7.74. The predicted molar refractivity (Wildman–Crippen MR) is 80.6 cm³/mol. The molecule has 1 unspecified atom stereocenters. The Labute approximate surface area is 132 Å². The molecule has 1 atom stereocenters. The van der Waals surface area contributed by atoms with Crippen LogP contribution in [0.15, 0.2) is 37.8 Å². The molecule has 0 aliphatic carbocycles. The third-order valence-electron chi connectivity index (χ3n) is 2.84. The fourth-order valence-corrected chi connectivity index (χ4v) is 2.79. The van der Waals surface area contributed by atoms with Gasteiger partial charge >= 0.3 is 0 Å². The molecule has 0 saturated carbocycles. The minimum absolute atomic E-state index is 0.0442. The van der Waals surface area contributed by atoms with Gasteiger partial charge in [-0.2, -0.15) is 0 Å². The summed E-state index contributed by atoms with van der Waals surface area (Å²) in [5.41, 5.74) is -0.0442. The van der Waals surface area contributed by atoms with Gasteiger partial charge in [0.2, 0.25) is 0 Å². The molecule has 0 bridgehead atoms. The van der Waals surface area contributed by atoms with E-state index in [1.807, 2.05) is 6.92 Å². The summed E-state index contributed by atoms with van der Waals surface area (Å²) in [4.78, 5) is 0. The molecule has 0 amide bonds. The van der Waals surface area contributed by atoms with Crippen LogP contribution >= 0.6 is 31.9 Å². The first kappa shape index (κ1) is 15.7. The summed E-state index contributed by atoms with van der Waals surface area (Å²) in [5.74, 6) is -0.777. The van der Waals surface area contributed by atoms with Crippen molar-refractivity contribution in [2.45, 2.75) is 19.4 Å². The van der Waals surface area contributed by atoms with Crippen molar-refractivity contribution in [1.82, 2.24) is 5.32 Å². The molecule has 0 radical (unpaired) electrons. The van der Waals surface area contributed by atoms with Crippen LogP contribution in [0, 0.1) is 11.6 Å². The number of nitrogens with one attached hydrogen (secondary N) is 1. The highest BCUT2D eigenvalue weighted by atomic mass is 79.9. The Hall–Kier alpha value is -0.720. The van der Waals surface area contributed by atoms with Gasteiger partial charge in [-0.3, -0.25) is 0 Å². The van der Waals surface area contributed by atoms with Gasteiger partial charge in [0.15, 0.2) is 0 Å². The number of hydrogen-bond acceptors (Lipinski definition) is 2. The van der Waals surface area contributed by atoms with E-state index in [-0.39, 0.29) is 5.56 Å². The van der Waals surface area contributed by atoms with Crippen LogP contribution in [0.25, 0.3) is 0 Å². The highest BCUT2D eigenvalue weighted by molar-refractivity contribution is 9.10. The van der Waals surface area contributed by atoms with Gasteiger partial charge in [-0.1, -0.05) is 22.9 Å². The number of benzene rings is 1. The fraction of sp³-hybridized carbons (Fsp3) is 0.286. The van der Waals surface area contributed by atoms with Crippen molar-refractivity contribution in [3.63, 3.8) is 0 Å². The molecule has 0 spiro atoms. The second-order valence-corrected chi connectivity index (χ2v) is 6.07. The smallest absolute Gasteiger partial charge is 0.139 e. The minimum atomic E-state index is -0.674. The fourth-order valence-electron chi connectivity index (χ4n) is 1.96. The average molecular weight is 409 g/mol. The van der Waals surface area contributed by atoms with E-state index in [1.165, 1.54) is 18.4 Å². The lowest BCUT2D eigenvalue weighted by Gasteiger charge is -2.19. The Kier molecular flexibility index (Phi) is 5.35. The monoisotopic (exact) mass is 407 g/mol. The van der Waals surface area contributed by atoms with Crippen LogP contribution in [-0.4, -0.2) is 6.54 Å². The van der Waals surface area contributed by atoms with E-state index in [1.54, 1.807) is 6.07 Å². The third-order valence-corrected chi connectivity index (χ3v) is 3.95. The summed E-state index contributed by atoms with van der Waals surface area (Å²) >= 11 is 6.41. The highest BCUT2D eigenvalue weighted by Gasteiger charge is 2.26. The van der Waals surface area contributed by atoms with Crippen LogP contribution in [0.2, 0.25) is 0 Å². The Bertz CT molecular complexity index is 578. The van der Waals surface area contributed by atoms with Gasteiger partial charge in [-0.25, -0.2) is 8.78 Å². The summed E-state index contributed by atoms with van der Waals surface area (Å²) in [6, 6.07) is 3.52. The minimum Gasteiger partial charge on any atom is -0.466 e. The predicted octanol–water partition coefficient (Wildman–Crippen LogP) is 5.17.